The van der Waals surface area contributed by atoms with Gasteiger partial charge in [0.25, 0.3) is 0 Å². The van der Waals surface area contributed by atoms with Gasteiger partial charge in [-0.15, -0.1) is 0 Å². The van der Waals surface area contributed by atoms with E-state index >= 15 is 0 Å². The standard InChI is InChI=1S/C13H21N5/c1-11(13-8-15-2-3-16-13)18-9-12(10-18)17-6-4-14-5-7-17/h2-3,8,11-12,14H,4-7,9-10H2,1H3. The molecular formula is C13H21N5. The van der Waals surface area contributed by atoms with E-state index in [2.05, 4.69) is 32.0 Å². The number of nitrogens with zero attached hydrogens (tertiary/aromatic N) is 4. The lowest BCUT2D eigenvalue weighted by molar-refractivity contribution is 0.00238. The van der Waals surface area contributed by atoms with E-state index in [9.17, 15) is 0 Å². The van der Waals surface area contributed by atoms with Crippen LogP contribution in [0.5, 0.6) is 0 Å². The zero-order valence-corrected chi connectivity index (χ0v) is 10.9. The van der Waals surface area contributed by atoms with E-state index in [0.717, 1.165) is 37.9 Å². The lowest BCUT2D eigenvalue weighted by atomic mass is 10.0. The minimum absolute atomic E-state index is 0.387. The zero-order valence-electron chi connectivity index (χ0n) is 10.9. The highest BCUT2D eigenvalue weighted by Gasteiger charge is 2.35. The van der Waals surface area contributed by atoms with Crippen LogP contribution in [-0.2, 0) is 0 Å². The van der Waals surface area contributed by atoms with E-state index in [1.807, 2.05) is 6.20 Å². The third kappa shape index (κ3) is 2.39. The number of piperazine rings is 1. The lowest BCUT2D eigenvalue weighted by Crippen LogP contribution is -2.62. The second kappa shape index (κ2) is 5.30. The number of nitrogens with one attached hydrogen (secondary N) is 1. The van der Waals surface area contributed by atoms with Gasteiger partial charge < -0.3 is 5.32 Å². The van der Waals surface area contributed by atoms with E-state index in [1.54, 1.807) is 12.4 Å². The minimum atomic E-state index is 0.387. The third-order valence-electron chi connectivity index (χ3n) is 4.12. The molecule has 0 radical (unpaired) electrons. The molecule has 1 N–H and O–H groups in total. The van der Waals surface area contributed by atoms with Crippen molar-refractivity contribution in [2.45, 2.75) is 19.0 Å². The highest BCUT2D eigenvalue weighted by molar-refractivity contribution is 5.05. The second-order valence-electron chi connectivity index (χ2n) is 5.20. The molecule has 0 spiro atoms. The SMILES string of the molecule is CC(c1cnccn1)N1CC(N2CCNCC2)C1. The Morgan fingerprint density at radius 2 is 2.06 bits per heavy atom. The number of likely N-dealkylation sites (tertiary alicyclic amines) is 1. The van der Waals surface area contributed by atoms with Gasteiger partial charge in [0.05, 0.1) is 11.7 Å². The first-order valence-corrected chi connectivity index (χ1v) is 6.79. The molecule has 2 fully saturated rings. The van der Waals surface area contributed by atoms with E-state index in [1.165, 1.54) is 13.1 Å². The normalized spacial score (nSPS) is 24.7. The molecule has 18 heavy (non-hydrogen) atoms. The highest BCUT2D eigenvalue weighted by atomic mass is 15.3. The first-order valence-electron chi connectivity index (χ1n) is 6.79. The first-order chi connectivity index (χ1) is 8.84. The van der Waals surface area contributed by atoms with Gasteiger partial charge in [0, 0.05) is 63.9 Å². The number of aromatic nitrogens is 2. The van der Waals surface area contributed by atoms with Gasteiger partial charge in [-0.2, -0.15) is 0 Å². The molecule has 1 unspecified atom stereocenters. The van der Waals surface area contributed by atoms with Crippen LogP contribution in [0, 0.1) is 0 Å². The highest BCUT2D eigenvalue weighted by Crippen LogP contribution is 2.26. The Kier molecular flexibility index (Phi) is 3.54. The van der Waals surface area contributed by atoms with Crippen LogP contribution in [0.25, 0.3) is 0 Å². The Morgan fingerprint density at radius 1 is 1.28 bits per heavy atom. The Labute approximate surface area is 108 Å². The van der Waals surface area contributed by atoms with Crippen molar-refractivity contribution in [1.29, 1.82) is 0 Å². The predicted molar refractivity (Wildman–Crippen MR) is 70.3 cm³/mol. The molecule has 5 heteroatoms. The second-order valence-corrected chi connectivity index (χ2v) is 5.20. The van der Waals surface area contributed by atoms with Crippen molar-refractivity contribution in [3.63, 3.8) is 0 Å². The van der Waals surface area contributed by atoms with Crippen molar-refractivity contribution in [2.75, 3.05) is 39.3 Å². The van der Waals surface area contributed by atoms with Gasteiger partial charge in [-0.05, 0) is 6.92 Å². The van der Waals surface area contributed by atoms with Crippen LogP contribution in [-0.4, -0.2) is 65.1 Å². The van der Waals surface area contributed by atoms with Crippen molar-refractivity contribution < 1.29 is 0 Å². The van der Waals surface area contributed by atoms with Crippen LogP contribution in [0.3, 0.4) is 0 Å². The zero-order chi connectivity index (χ0) is 12.4. The van der Waals surface area contributed by atoms with E-state index in [0.29, 0.717) is 6.04 Å². The maximum absolute atomic E-state index is 4.39. The van der Waals surface area contributed by atoms with Crippen molar-refractivity contribution in [3.05, 3.63) is 24.3 Å². The smallest absolute Gasteiger partial charge is 0.0755 e. The fourth-order valence-electron chi connectivity index (χ4n) is 2.80. The van der Waals surface area contributed by atoms with Crippen molar-refractivity contribution in [3.8, 4) is 0 Å². The molecule has 1 aromatic rings. The quantitative estimate of drug-likeness (QED) is 0.822. The van der Waals surface area contributed by atoms with Crippen LogP contribution in [0.1, 0.15) is 18.7 Å². The average molecular weight is 247 g/mol. The summed E-state index contributed by atoms with van der Waals surface area (Å²) in [6.45, 7) is 9.20. The molecular weight excluding hydrogens is 226 g/mol. The summed E-state index contributed by atoms with van der Waals surface area (Å²) in [6, 6.07) is 1.13. The van der Waals surface area contributed by atoms with Crippen LogP contribution >= 0.6 is 0 Å². The monoisotopic (exact) mass is 247 g/mol. The van der Waals surface area contributed by atoms with Gasteiger partial charge >= 0.3 is 0 Å². The minimum Gasteiger partial charge on any atom is -0.314 e. The van der Waals surface area contributed by atoms with E-state index in [4.69, 9.17) is 0 Å². The van der Waals surface area contributed by atoms with E-state index in [-0.39, 0.29) is 0 Å². The summed E-state index contributed by atoms with van der Waals surface area (Å²) in [5.74, 6) is 0. The third-order valence-corrected chi connectivity index (χ3v) is 4.12. The molecule has 2 aliphatic heterocycles. The van der Waals surface area contributed by atoms with Gasteiger partial charge in [-0.25, -0.2) is 0 Å². The summed E-state index contributed by atoms with van der Waals surface area (Å²) in [5, 5.41) is 3.40. The first kappa shape index (κ1) is 12.0. The molecule has 2 aliphatic rings. The lowest BCUT2D eigenvalue weighted by Gasteiger charge is -2.49. The van der Waals surface area contributed by atoms with Gasteiger partial charge in [-0.3, -0.25) is 19.8 Å². The largest absolute Gasteiger partial charge is 0.314 e. The molecule has 3 heterocycles. The summed E-state index contributed by atoms with van der Waals surface area (Å²) in [7, 11) is 0. The van der Waals surface area contributed by atoms with Crippen molar-refractivity contribution in [1.82, 2.24) is 25.1 Å². The molecule has 98 valence electrons. The van der Waals surface area contributed by atoms with E-state index < -0.39 is 0 Å². The molecule has 0 aromatic carbocycles. The van der Waals surface area contributed by atoms with Gasteiger partial charge in [-0.1, -0.05) is 0 Å². The molecule has 2 saturated heterocycles. The molecule has 0 aliphatic carbocycles. The average Bonchev–Trinajstić information content (AvgIpc) is 2.39. The fourth-order valence-corrected chi connectivity index (χ4v) is 2.80. The summed E-state index contributed by atoms with van der Waals surface area (Å²) in [5.41, 5.74) is 1.08. The molecule has 5 nitrogen and oxygen atoms in total. The molecule has 0 amide bonds. The van der Waals surface area contributed by atoms with Crippen LogP contribution < -0.4 is 5.32 Å². The Hall–Kier alpha value is -1.04. The van der Waals surface area contributed by atoms with Crippen molar-refractivity contribution in [2.24, 2.45) is 0 Å². The van der Waals surface area contributed by atoms with Gasteiger partial charge in [0.15, 0.2) is 0 Å². The number of hydrogen-bond donors (Lipinski definition) is 1. The Balaban J connectivity index is 1.52. The molecule has 1 atom stereocenters. The van der Waals surface area contributed by atoms with Crippen LogP contribution in [0.2, 0.25) is 0 Å². The Morgan fingerprint density at radius 3 is 2.72 bits per heavy atom. The summed E-state index contributed by atoms with van der Waals surface area (Å²) in [6.07, 6.45) is 5.39. The molecule has 3 rings (SSSR count). The summed E-state index contributed by atoms with van der Waals surface area (Å²) in [4.78, 5) is 13.6. The maximum Gasteiger partial charge on any atom is 0.0755 e. The molecule has 1 aromatic heterocycles. The fraction of sp³-hybridized carbons (Fsp3) is 0.692. The topological polar surface area (TPSA) is 44.3 Å². The molecule has 0 saturated carbocycles. The van der Waals surface area contributed by atoms with Gasteiger partial charge in [0.2, 0.25) is 0 Å². The molecule has 0 bridgehead atoms. The Bertz CT molecular complexity index is 370. The van der Waals surface area contributed by atoms with Gasteiger partial charge in [0.1, 0.15) is 0 Å². The predicted octanol–water partition coefficient (Wildman–Crippen LogP) is 0.127. The van der Waals surface area contributed by atoms with Crippen LogP contribution in [0.4, 0.5) is 0 Å². The summed E-state index contributed by atoms with van der Waals surface area (Å²) < 4.78 is 0. The van der Waals surface area contributed by atoms with Crippen LogP contribution in [0.15, 0.2) is 18.6 Å². The number of hydrogen-bond acceptors (Lipinski definition) is 5. The summed E-state index contributed by atoms with van der Waals surface area (Å²) >= 11 is 0. The van der Waals surface area contributed by atoms with Crippen molar-refractivity contribution >= 4 is 0 Å². The number of rotatable bonds is 3. The maximum atomic E-state index is 4.39.